The number of sulfone groups is 2. The lowest BCUT2D eigenvalue weighted by Crippen LogP contribution is -2.21. The molecule has 0 spiro atoms. The van der Waals surface area contributed by atoms with Gasteiger partial charge in [-0.1, -0.05) is 18.3 Å². The molecule has 0 N–H and O–H groups in total. The summed E-state index contributed by atoms with van der Waals surface area (Å²) in [6.07, 6.45) is 1.84. The third-order valence-electron chi connectivity index (χ3n) is 4.24. The number of hydrogen-bond donors (Lipinski definition) is 0. The molecule has 11 heteroatoms. The predicted octanol–water partition coefficient (Wildman–Crippen LogP) is 2.56. The van der Waals surface area contributed by atoms with Crippen molar-refractivity contribution in [3.63, 3.8) is 0 Å². The SMILES string of the molecule is CCCn1c(=NC(=O)CS(=O)(=O)c2ccc(F)cc2)sc2cc(S(C)(=O)=O)ccc21. The molecule has 0 aliphatic rings. The van der Waals surface area contributed by atoms with Crippen LogP contribution in [0.3, 0.4) is 0 Å². The Morgan fingerprint density at radius 1 is 1.07 bits per heavy atom. The summed E-state index contributed by atoms with van der Waals surface area (Å²) in [5.41, 5.74) is 0.710. The Bertz CT molecular complexity index is 1390. The highest BCUT2D eigenvalue weighted by Crippen LogP contribution is 2.22. The number of rotatable bonds is 6. The molecule has 3 rings (SSSR count). The number of aromatic nitrogens is 1. The number of benzene rings is 2. The lowest BCUT2D eigenvalue weighted by molar-refractivity contribution is -0.115. The van der Waals surface area contributed by atoms with Crippen LogP contribution in [0.2, 0.25) is 0 Å². The molecule has 0 atom stereocenters. The van der Waals surface area contributed by atoms with E-state index in [-0.39, 0.29) is 14.6 Å². The summed E-state index contributed by atoms with van der Waals surface area (Å²) in [7, 11) is -7.37. The van der Waals surface area contributed by atoms with Gasteiger partial charge in [0.15, 0.2) is 24.5 Å². The summed E-state index contributed by atoms with van der Waals surface area (Å²) in [5.74, 6) is -2.29. The monoisotopic (exact) mass is 470 g/mol. The highest BCUT2D eigenvalue weighted by Gasteiger charge is 2.20. The number of carbonyl (C=O) groups is 1. The standard InChI is InChI=1S/C19H19FN2O5S3/c1-3-10-22-16-9-8-15(29(2,24)25)11-17(16)28-19(22)21-18(23)12-30(26,27)14-6-4-13(20)5-7-14/h4-9,11H,3,10,12H2,1-2H3. The number of hydrogen-bond acceptors (Lipinski definition) is 6. The van der Waals surface area contributed by atoms with Crippen molar-refractivity contribution < 1.29 is 26.0 Å². The molecule has 7 nitrogen and oxygen atoms in total. The Labute approximate surface area is 177 Å². The topological polar surface area (TPSA) is 103 Å². The van der Waals surface area contributed by atoms with Gasteiger partial charge in [0.25, 0.3) is 5.91 Å². The molecule has 0 fully saturated rings. The zero-order valence-corrected chi connectivity index (χ0v) is 18.7. The number of thiazole rings is 1. The maximum Gasteiger partial charge on any atom is 0.263 e. The lowest BCUT2D eigenvalue weighted by atomic mass is 10.3. The summed E-state index contributed by atoms with van der Waals surface area (Å²) in [6, 6.07) is 8.87. The van der Waals surface area contributed by atoms with Crippen molar-refractivity contribution in [1.82, 2.24) is 4.57 Å². The van der Waals surface area contributed by atoms with Crippen LogP contribution < -0.4 is 4.80 Å². The molecule has 0 bridgehead atoms. The fourth-order valence-electron chi connectivity index (χ4n) is 2.84. The molecule has 1 amide bonds. The fraction of sp³-hybridized carbons (Fsp3) is 0.263. The van der Waals surface area contributed by atoms with E-state index in [1.807, 2.05) is 6.92 Å². The van der Waals surface area contributed by atoms with Crippen molar-refractivity contribution in [3.05, 3.63) is 53.1 Å². The summed E-state index contributed by atoms with van der Waals surface area (Å²) in [4.78, 5) is 16.7. The molecule has 1 aromatic heterocycles. The predicted molar refractivity (Wildman–Crippen MR) is 112 cm³/mol. The molecule has 0 saturated heterocycles. The highest BCUT2D eigenvalue weighted by atomic mass is 32.2. The van der Waals surface area contributed by atoms with Crippen LogP contribution in [0.1, 0.15) is 13.3 Å². The van der Waals surface area contributed by atoms with Crippen LogP contribution in [0.4, 0.5) is 4.39 Å². The molecule has 30 heavy (non-hydrogen) atoms. The van der Waals surface area contributed by atoms with E-state index >= 15 is 0 Å². The number of halogens is 1. The first kappa shape index (κ1) is 22.3. The van der Waals surface area contributed by atoms with Crippen molar-refractivity contribution >= 4 is 47.1 Å². The van der Waals surface area contributed by atoms with Crippen LogP contribution in [0.5, 0.6) is 0 Å². The van der Waals surface area contributed by atoms with Crippen LogP contribution in [0.25, 0.3) is 10.2 Å². The fourth-order valence-corrected chi connectivity index (χ4v) is 5.78. The van der Waals surface area contributed by atoms with Crippen molar-refractivity contribution in [1.29, 1.82) is 0 Å². The molecule has 0 aliphatic heterocycles. The maximum atomic E-state index is 13.0. The van der Waals surface area contributed by atoms with Gasteiger partial charge in [-0.3, -0.25) is 4.79 Å². The third-order valence-corrected chi connectivity index (χ3v) is 8.00. The molecule has 0 saturated carbocycles. The Morgan fingerprint density at radius 2 is 1.70 bits per heavy atom. The van der Waals surface area contributed by atoms with Gasteiger partial charge in [-0.05, 0) is 48.9 Å². The zero-order chi connectivity index (χ0) is 22.1. The largest absolute Gasteiger partial charge is 0.316 e. The van der Waals surface area contributed by atoms with E-state index in [9.17, 15) is 26.0 Å². The van der Waals surface area contributed by atoms with Gasteiger partial charge in [0.2, 0.25) is 0 Å². The van der Waals surface area contributed by atoms with E-state index in [1.54, 1.807) is 10.6 Å². The molecular weight excluding hydrogens is 451 g/mol. The van der Waals surface area contributed by atoms with Crippen LogP contribution in [-0.4, -0.2) is 39.3 Å². The average Bonchev–Trinajstić information content (AvgIpc) is 2.97. The number of amides is 1. The van der Waals surface area contributed by atoms with Gasteiger partial charge < -0.3 is 4.57 Å². The van der Waals surface area contributed by atoms with Crippen molar-refractivity contribution in [2.45, 2.75) is 29.7 Å². The second-order valence-corrected chi connectivity index (χ2v) is 11.7. The smallest absolute Gasteiger partial charge is 0.263 e. The summed E-state index contributed by atoms with van der Waals surface area (Å²) in [6.45, 7) is 2.46. The quantitative estimate of drug-likeness (QED) is 0.515. The Kier molecular flexibility index (Phi) is 6.25. The van der Waals surface area contributed by atoms with E-state index in [1.165, 1.54) is 12.1 Å². The number of aryl methyl sites for hydroxylation is 1. The zero-order valence-electron chi connectivity index (χ0n) is 16.2. The van der Waals surface area contributed by atoms with Crippen LogP contribution in [0, 0.1) is 5.82 Å². The lowest BCUT2D eigenvalue weighted by Gasteiger charge is -2.04. The third kappa shape index (κ3) is 4.85. The normalized spacial score (nSPS) is 13.1. The second-order valence-electron chi connectivity index (χ2n) is 6.66. The van der Waals surface area contributed by atoms with Crippen LogP contribution in [0.15, 0.2) is 57.2 Å². The van der Waals surface area contributed by atoms with Crippen molar-refractivity contribution in [3.8, 4) is 0 Å². The van der Waals surface area contributed by atoms with Gasteiger partial charge in [0.05, 0.1) is 20.0 Å². The van der Waals surface area contributed by atoms with E-state index in [0.29, 0.717) is 16.8 Å². The molecule has 160 valence electrons. The molecule has 0 radical (unpaired) electrons. The number of carbonyl (C=O) groups excluding carboxylic acids is 1. The second kappa shape index (κ2) is 8.40. The first-order valence-corrected chi connectivity index (χ1v) is 13.3. The summed E-state index contributed by atoms with van der Waals surface area (Å²) >= 11 is 1.11. The Morgan fingerprint density at radius 3 is 2.30 bits per heavy atom. The van der Waals surface area contributed by atoms with Crippen LogP contribution in [-0.2, 0) is 31.0 Å². The molecule has 0 unspecified atom stereocenters. The molecular formula is C19H19FN2O5S3. The van der Waals surface area contributed by atoms with E-state index < -0.39 is 37.2 Å². The van der Waals surface area contributed by atoms with E-state index in [2.05, 4.69) is 4.99 Å². The Balaban J connectivity index is 2.02. The van der Waals surface area contributed by atoms with Crippen molar-refractivity contribution in [2.75, 3.05) is 12.0 Å². The number of nitrogens with zero attached hydrogens (tertiary/aromatic N) is 2. The van der Waals surface area contributed by atoms with Gasteiger partial charge in [-0.25, -0.2) is 21.2 Å². The minimum atomic E-state index is -3.97. The van der Waals surface area contributed by atoms with E-state index in [0.717, 1.165) is 48.3 Å². The van der Waals surface area contributed by atoms with Gasteiger partial charge in [0.1, 0.15) is 11.6 Å². The van der Waals surface area contributed by atoms with E-state index in [4.69, 9.17) is 0 Å². The maximum absolute atomic E-state index is 13.0. The molecule has 0 aliphatic carbocycles. The summed E-state index contributed by atoms with van der Waals surface area (Å²) < 4.78 is 63.9. The summed E-state index contributed by atoms with van der Waals surface area (Å²) in [5, 5.41) is 0. The minimum absolute atomic E-state index is 0.150. The number of fused-ring (bicyclic) bond motifs is 1. The van der Waals surface area contributed by atoms with Gasteiger partial charge in [-0.15, -0.1) is 0 Å². The van der Waals surface area contributed by atoms with Crippen LogP contribution >= 0.6 is 11.3 Å². The molecule has 1 heterocycles. The van der Waals surface area contributed by atoms with Gasteiger partial charge in [-0.2, -0.15) is 4.99 Å². The highest BCUT2D eigenvalue weighted by molar-refractivity contribution is 7.92. The first-order chi connectivity index (χ1) is 14.0. The first-order valence-electron chi connectivity index (χ1n) is 8.90. The van der Waals surface area contributed by atoms with Crippen molar-refractivity contribution in [2.24, 2.45) is 4.99 Å². The van der Waals surface area contributed by atoms with Gasteiger partial charge >= 0.3 is 0 Å². The Hall–Kier alpha value is -2.37. The van der Waals surface area contributed by atoms with Gasteiger partial charge in [0, 0.05) is 12.8 Å². The molecule has 2 aromatic carbocycles. The molecule has 3 aromatic rings. The minimum Gasteiger partial charge on any atom is -0.316 e. The average molecular weight is 471 g/mol.